The molecule has 2 aliphatic heterocycles. The molecule has 1 saturated carbocycles. The lowest BCUT2D eigenvalue weighted by atomic mass is 9.75. The van der Waals surface area contributed by atoms with Crippen LogP contribution in [-0.4, -0.2) is 76.5 Å². The van der Waals surface area contributed by atoms with E-state index >= 15 is 0 Å². The van der Waals surface area contributed by atoms with Crippen molar-refractivity contribution in [2.45, 2.75) is 63.0 Å². The summed E-state index contributed by atoms with van der Waals surface area (Å²) >= 11 is 0. The first-order valence-corrected chi connectivity index (χ1v) is 10.8. The van der Waals surface area contributed by atoms with E-state index in [2.05, 4.69) is 15.1 Å². The number of nitrogens with one attached hydrogen (secondary N) is 1. The number of piperidine rings is 2. The van der Waals surface area contributed by atoms with Crippen molar-refractivity contribution in [2.75, 3.05) is 39.9 Å². The van der Waals surface area contributed by atoms with Crippen LogP contribution in [0.4, 0.5) is 0 Å². The minimum Gasteiger partial charge on any atom is -0.389 e. The molecule has 0 bridgehead atoms. The number of carbonyl (C=O) groups excluding carboxylic acids is 1. The Morgan fingerprint density at radius 3 is 2.86 bits per heavy atom. The Morgan fingerprint density at radius 2 is 2.07 bits per heavy atom. The quantitative estimate of drug-likeness (QED) is 0.802. The fourth-order valence-electron chi connectivity index (χ4n) is 5.39. The zero-order valence-electron chi connectivity index (χ0n) is 17.0. The third kappa shape index (κ3) is 4.11. The molecule has 1 aliphatic carbocycles. The molecule has 7 heteroatoms. The molecule has 28 heavy (non-hydrogen) atoms. The van der Waals surface area contributed by atoms with Crippen LogP contribution in [-0.2, 0) is 16.1 Å². The lowest BCUT2D eigenvalue weighted by molar-refractivity contribution is -0.150. The fourth-order valence-corrected chi connectivity index (χ4v) is 5.39. The fraction of sp³-hybridized carbons (Fsp3) is 0.810. The van der Waals surface area contributed by atoms with E-state index in [4.69, 9.17) is 4.74 Å². The third-order valence-electron chi connectivity index (χ3n) is 7.13. The maximum atomic E-state index is 12.2. The average Bonchev–Trinajstić information content (AvgIpc) is 3.17. The first-order chi connectivity index (χ1) is 13.6. The molecule has 1 aromatic heterocycles. The van der Waals surface area contributed by atoms with Gasteiger partial charge in [-0.05, 0) is 25.7 Å². The minimum absolute atomic E-state index is 0.0242. The number of aliphatic hydroxyl groups is 1. The average molecular weight is 391 g/mol. The Labute approximate surface area is 167 Å². The monoisotopic (exact) mass is 390 g/mol. The summed E-state index contributed by atoms with van der Waals surface area (Å²) in [7, 11) is 1.55. The molecule has 0 radical (unpaired) electrons. The van der Waals surface area contributed by atoms with Gasteiger partial charge in [-0.15, -0.1) is 0 Å². The van der Waals surface area contributed by atoms with E-state index in [1.165, 1.54) is 43.4 Å². The van der Waals surface area contributed by atoms with E-state index in [0.717, 1.165) is 26.1 Å². The van der Waals surface area contributed by atoms with E-state index in [1.807, 2.05) is 11.1 Å². The lowest BCUT2D eigenvalue weighted by Crippen LogP contribution is -2.60. The van der Waals surface area contributed by atoms with Crippen molar-refractivity contribution < 1.29 is 14.6 Å². The number of aromatic nitrogens is 2. The van der Waals surface area contributed by atoms with E-state index in [9.17, 15) is 9.90 Å². The molecule has 3 heterocycles. The van der Waals surface area contributed by atoms with Crippen LogP contribution in [0.2, 0.25) is 0 Å². The van der Waals surface area contributed by atoms with Crippen molar-refractivity contribution in [3.8, 4) is 0 Å². The second kappa shape index (κ2) is 8.51. The molecule has 3 fully saturated rings. The van der Waals surface area contributed by atoms with Gasteiger partial charge in [-0.25, -0.2) is 0 Å². The van der Waals surface area contributed by atoms with Gasteiger partial charge in [0.2, 0.25) is 5.91 Å². The van der Waals surface area contributed by atoms with Gasteiger partial charge in [0, 0.05) is 62.9 Å². The summed E-state index contributed by atoms with van der Waals surface area (Å²) in [6.07, 6.45) is 9.92. The van der Waals surface area contributed by atoms with E-state index < -0.39 is 5.60 Å². The topological polar surface area (TPSA) is 81.7 Å². The zero-order valence-corrected chi connectivity index (χ0v) is 17.0. The highest BCUT2D eigenvalue weighted by Crippen LogP contribution is 2.37. The van der Waals surface area contributed by atoms with Crippen LogP contribution in [0.15, 0.2) is 6.20 Å². The molecule has 7 nitrogen and oxygen atoms in total. The van der Waals surface area contributed by atoms with Gasteiger partial charge < -0.3 is 14.7 Å². The highest BCUT2D eigenvalue weighted by Gasteiger charge is 2.45. The summed E-state index contributed by atoms with van der Waals surface area (Å²) < 4.78 is 5.01. The Morgan fingerprint density at radius 1 is 1.29 bits per heavy atom. The van der Waals surface area contributed by atoms with Crippen LogP contribution in [0.5, 0.6) is 0 Å². The number of ether oxygens (including phenoxy) is 1. The Hall–Kier alpha value is -1.44. The molecule has 2 saturated heterocycles. The summed E-state index contributed by atoms with van der Waals surface area (Å²) in [6, 6.07) is 0. The molecule has 2 N–H and O–H groups in total. The standard InChI is InChI=1S/C21H34N4O3/c1-28-15-19(26)25-10-8-21(27)7-9-24(13-18(21)14-25)12-17-11-22-23-20(17)16-5-3-2-4-6-16/h11,16,18,27H,2-10,12-15H2,1H3,(H,22,23)/t18-,21-/m1/s1. The van der Waals surface area contributed by atoms with Gasteiger partial charge in [0.25, 0.3) is 0 Å². The number of nitrogens with zero attached hydrogens (tertiary/aromatic N) is 3. The highest BCUT2D eigenvalue weighted by molar-refractivity contribution is 5.77. The van der Waals surface area contributed by atoms with Gasteiger partial charge in [0.05, 0.1) is 11.8 Å². The number of likely N-dealkylation sites (tertiary alicyclic amines) is 2. The highest BCUT2D eigenvalue weighted by atomic mass is 16.5. The number of aromatic amines is 1. The first kappa shape index (κ1) is 19.9. The zero-order chi connectivity index (χ0) is 19.6. The van der Waals surface area contributed by atoms with E-state index in [1.54, 1.807) is 7.11 Å². The molecule has 4 rings (SSSR count). The minimum atomic E-state index is -0.636. The van der Waals surface area contributed by atoms with Crippen LogP contribution in [0.1, 0.15) is 62.1 Å². The molecule has 0 aromatic carbocycles. The molecule has 156 valence electrons. The van der Waals surface area contributed by atoms with Gasteiger partial charge in [-0.3, -0.25) is 14.8 Å². The van der Waals surface area contributed by atoms with Crippen molar-refractivity contribution in [3.63, 3.8) is 0 Å². The summed E-state index contributed by atoms with van der Waals surface area (Å²) in [5.41, 5.74) is 1.99. The molecular weight excluding hydrogens is 356 g/mol. The maximum absolute atomic E-state index is 12.2. The van der Waals surface area contributed by atoms with Crippen molar-refractivity contribution >= 4 is 5.91 Å². The predicted octanol–water partition coefficient (Wildman–Crippen LogP) is 1.89. The van der Waals surface area contributed by atoms with Gasteiger partial charge in [0.1, 0.15) is 6.61 Å². The first-order valence-electron chi connectivity index (χ1n) is 10.8. The summed E-state index contributed by atoms with van der Waals surface area (Å²) in [5, 5.41) is 18.7. The largest absolute Gasteiger partial charge is 0.389 e. The molecule has 1 amide bonds. The van der Waals surface area contributed by atoms with Crippen LogP contribution >= 0.6 is 0 Å². The Kier molecular flexibility index (Phi) is 6.04. The van der Waals surface area contributed by atoms with Crippen molar-refractivity contribution in [1.82, 2.24) is 20.0 Å². The number of carbonyl (C=O) groups is 1. The Balaban J connectivity index is 1.40. The normalized spacial score (nSPS) is 29.6. The van der Waals surface area contributed by atoms with Gasteiger partial charge in [0.15, 0.2) is 0 Å². The number of rotatable bonds is 5. The van der Waals surface area contributed by atoms with E-state index in [0.29, 0.717) is 25.4 Å². The van der Waals surface area contributed by atoms with Crippen LogP contribution in [0, 0.1) is 5.92 Å². The predicted molar refractivity (Wildman–Crippen MR) is 106 cm³/mol. The molecule has 0 spiro atoms. The molecule has 1 aromatic rings. The number of amides is 1. The summed E-state index contributed by atoms with van der Waals surface area (Å²) in [6.45, 7) is 3.96. The number of hydrogen-bond acceptors (Lipinski definition) is 5. The van der Waals surface area contributed by atoms with Crippen molar-refractivity contribution in [2.24, 2.45) is 5.92 Å². The summed E-state index contributed by atoms with van der Waals surface area (Å²) in [5.74, 6) is 0.738. The summed E-state index contributed by atoms with van der Waals surface area (Å²) in [4.78, 5) is 16.5. The molecular formula is C21H34N4O3. The van der Waals surface area contributed by atoms with Crippen molar-refractivity contribution in [1.29, 1.82) is 0 Å². The molecule has 2 atom stereocenters. The lowest BCUT2D eigenvalue weighted by Gasteiger charge is -2.50. The third-order valence-corrected chi connectivity index (χ3v) is 7.13. The van der Waals surface area contributed by atoms with Crippen LogP contribution < -0.4 is 0 Å². The molecule has 0 unspecified atom stereocenters. The SMILES string of the molecule is COCC(=O)N1CC[C@]2(O)CCN(Cc3cn[nH]c3C3CCCCC3)C[C@@H]2C1. The second-order valence-electron chi connectivity index (χ2n) is 8.95. The van der Waals surface area contributed by atoms with Gasteiger partial charge in [-0.2, -0.15) is 5.10 Å². The van der Waals surface area contributed by atoms with Gasteiger partial charge in [-0.1, -0.05) is 19.3 Å². The maximum Gasteiger partial charge on any atom is 0.248 e. The number of fused-ring (bicyclic) bond motifs is 1. The number of methoxy groups -OCH3 is 1. The number of hydrogen-bond donors (Lipinski definition) is 2. The molecule has 3 aliphatic rings. The van der Waals surface area contributed by atoms with Gasteiger partial charge >= 0.3 is 0 Å². The van der Waals surface area contributed by atoms with Crippen molar-refractivity contribution in [3.05, 3.63) is 17.5 Å². The van der Waals surface area contributed by atoms with Crippen LogP contribution in [0.25, 0.3) is 0 Å². The smallest absolute Gasteiger partial charge is 0.248 e. The Bertz CT molecular complexity index is 672. The van der Waals surface area contributed by atoms with Crippen LogP contribution in [0.3, 0.4) is 0 Å². The second-order valence-corrected chi connectivity index (χ2v) is 8.95. The van der Waals surface area contributed by atoms with E-state index in [-0.39, 0.29) is 18.4 Å². The number of H-pyrrole nitrogens is 1.